The smallest absolute Gasteiger partial charge is 0.339 e. The van der Waals surface area contributed by atoms with Crippen LogP contribution in [0.4, 0.5) is 11.4 Å². The molecule has 0 saturated carbocycles. The molecule has 0 saturated heterocycles. The first-order valence-corrected chi connectivity index (χ1v) is 12.3. The Morgan fingerprint density at radius 2 is 1.89 bits per heavy atom. The third-order valence-corrected chi connectivity index (χ3v) is 7.42. The fourth-order valence-corrected chi connectivity index (χ4v) is 5.96. The average Bonchev–Trinajstić information content (AvgIpc) is 3.07. The van der Waals surface area contributed by atoms with Gasteiger partial charge in [0.15, 0.2) is 5.78 Å². The number of nitrogens with zero attached hydrogens (tertiary/aromatic N) is 1. The molecule has 2 heterocycles. The van der Waals surface area contributed by atoms with E-state index in [1.807, 2.05) is 26.8 Å². The van der Waals surface area contributed by atoms with Gasteiger partial charge in [-0.25, -0.2) is 4.79 Å². The van der Waals surface area contributed by atoms with Crippen LogP contribution in [0.1, 0.15) is 44.7 Å². The predicted molar refractivity (Wildman–Crippen MR) is 138 cm³/mol. The standard InChI is InChI=1S/C28H28ClN3O4/c1-5-36-25(34)23-24(30)32(19-12-16(29)11-10-15(19)2)20-13-27(3,4)14-21(33)22(20)28(23)17-8-6-7-9-18(17)31-26(28)35/h6-12H,5,13-14,30H2,1-4H3,(H,31,35). The van der Waals surface area contributed by atoms with Crippen LogP contribution in [-0.2, 0) is 24.5 Å². The van der Waals surface area contributed by atoms with Crippen molar-refractivity contribution in [3.05, 3.63) is 81.3 Å². The second-order valence-electron chi connectivity index (χ2n) is 10.3. The van der Waals surface area contributed by atoms with Crippen molar-refractivity contribution in [1.82, 2.24) is 0 Å². The fraction of sp³-hybridized carbons (Fsp3) is 0.321. The third-order valence-electron chi connectivity index (χ3n) is 7.18. The molecule has 1 atom stereocenters. The molecular weight excluding hydrogens is 478 g/mol. The zero-order valence-corrected chi connectivity index (χ0v) is 21.5. The Balaban J connectivity index is 1.94. The Morgan fingerprint density at radius 3 is 2.61 bits per heavy atom. The molecule has 1 spiro atoms. The number of nitrogens with two attached hydrogens (primary N) is 1. The molecular formula is C28H28ClN3O4. The van der Waals surface area contributed by atoms with Crippen LogP contribution in [0.25, 0.3) is 0 Å². The number of amides is 1. The van der Waals surface area contributed by atoms with Gasteiger partial charge in [0.25, 0.3) is 0 Å². The lowest BCUT2D eigenvalue weighted by Crippen LogP contribution is -2.54. The number of aryl methyl sites for hydroxylation is 1. The van der Waals surface area contributed by atoms with Crippen LogP contribution >= 0.6 is 11.6 Å². The van der Waals surface area contributed by atoms with E-state index >= 15 is 0 Å². The molecule has 2 aliphatic heterocycles. The second-order valence-corrected chi connectivity index (χ2v) is 10.7. The number of carbonyl (C=O) groups excluding carboxylic acids is 3. The lowest BCUT2D eigenvalue weighted by Gasteiger charge is -2.47. The number of ketones is 1. The van der Waals surface area contributed by atoms with Crippen LogP contribution in [0.3, 0.4) is 0 Å². The summed E-state index contributed by atoms with van der Waals surface area (Å²) in [5, 5.41) is 3.37. The SMILES string of the molecule is CCOC(=O)C1=C(N)N(c2cc(Cl)ccc2C)C2=C(C(=O)CC(C)(C)C2)C12C(=O)Nc1ccccc12. The van der Waals surface area contributed by atoms with Crippen molar-refractivity contribution >= 4 is 40.6 Å². The number of hydrogen-bond donors (Lipinski definition) is 2. The van der Waals surface area contributed by atoms with E-state index in [-0.39, 0.29) is 35.8 Å². The average molecular weight is 506 g/mol. The number of anilines is 2. The molecule has 2 aromatic carbocycles. The Bertz CT molecular complexity index is 1410. The van der Waals surface area contributed by atoms with E-state index in [4.69, 9.17) is 22.1 Å². The lowest BCUT2D eigenvalue weighted by molar-refractivity contribution is -0.140. The summed E-state index contributed by atoms with van der Waals surface area (Å²) in [5.74, 6) is -1.38. The third kappa shape index (κ3) is 3.29. The number of carbonyl (C=O) groups is 3. The first-order chi connectivity index (χ1) is 17.0. The van der Waals surface area contributed by atoms with Crippen LogP contribution in [0.5, 0.6) is 0 Å². The van der Waals surface area contributed by atoms with E-state index < -0.39 is 22.7 Å². The number of allylic oxidation sites excluding steroid dienone is 1. The minimum atomic E-state index is -1.71. The number of ether oxygens (including phenoxy) is 1. The summed E-state index contributed by atoms with van der Waals surface area (Å²) >= 11 is 6.38. The van der Waals surface area contributed by atoms with Gasteiger partial charge in [0.1, 0.15) is 16.8 Å². The highest BCUT2D eigenvalue weighted by Crippen LogP contribution is 2.57. The highest BCUT2D eigenvalue weighted by molar-refractivity contribution is 6.31. The second kappa shape index (κ2) is 8.23. The van der Waals surface area contributed by atoms with Gasteiger partial charge in [-0.1, -0.05) is 49.7 Å². The molecule has 1 unspecified atom stereocenters. The summed E-state index contributed by atoms with van der Waals surface area (Å²) in [6.07, 6.45) is 0.690. The van der Waals surface area contributed by atoms with Gasteiger partial charge in [0, 0.05) is 34.0 Å². The molecule has 5 rings (SSSR count). The summed E-state index contributed by atoms with van der Waals surface area (Å²) in [6, 6.07) is 12.5. The Hall–Kier alpha value is -3.58. The number of hydrogen-bond acceptors (Lipinski definition) is 6. The number of Topliss-reactive ketones (excluding diaryl/α,β-unsaturated/α-hetero) is 1. The highest BCUT2D eigenvalue weighted by atomic mass is 35.5. The molecule has 8 heteroatoms. The largest absolute Gasteiger partial charge is 0.462 e. The van der Waals surface area contributed by atoms with Gasteiger partial charge in [-0.05, 0) is 49.4 Å². The number of para-hydroxylation sites is 1. The zero-order valence-electron chi connectivity index (χ0n) is 20.7. The Kier molecular flexibility index (Phi) is 5.52. The quantitative estimate of drug-likeness (QED) is 0.584. The van der Waals surface area contributed by atoms with E-state index in [0.717, 1.165) is 5.56 Å². The number of rotatable bonds is 3. The van der Waals surface area contributed by atoms with Crippen LogP contribution < -0.4 is 16.0 Å². The maximum absolute atomic E-state index is 14.0. The van der Waals surface area contributed by atoms with E-state index in [1.54, 1.807) is 48.2 Å². The minimum Gasteiger partial charge on any atom is -0.462 e. The molecule has 7 nitrogen and oxygen atoms in total. The number of esters is 1. The summed E-state index contributed by atoms with van der Waals surface area (Å²) in [7, 11) is 0. The lowest BCUT2D eigenvalue weighted by atomic mass is 9.60. The monoisotopic (exact) mass is 505 g/mol. The molecule has 36 heavy (non-hydrogen) atoms. The van der Waals surface area contributed by atoms with Crippen molar-refractivity contribution in [3.8, 4) is 0 Å². The molecule has 0 bridgehead atoms. The molecule has 1 aliphatic carbocycles. The van der Waals surface area contributed by atoms with Crippen molar-refractivity contribution in [2.45, 2.75) is 46.0 Å². The molecule has 0 fully saturated rings. The van der Waals surface area contributed by atoms with E-state index in [9.17, 15) is 14.4 Å². The zero-order chi connectivity index (χ0) is 26.0. The summed E-state index contributed by atoms with van der Waals surface area (Å²) in [5.41, 5.74) is 8.10. The maximum atomic E-state index is 14.0. The minimum absolute atomic E-state index is 0.0509. The van der Waals surface area contributed by atoms with Crippen molar-refractivity contribution in [3.63, 3.8) is 0 Å². The first-order valence-electron chi connectivity index (χ1n) is 11.9. The molecule has 3 N–H and O–H groups in total. The van der Waals surface area contributed by atoms with Gasteiger partial charge < -0.3 is 15.8 Å². The van der Waals surface area contributed by atoms with Crippen molar-refractivity contribution in [2.24, 2.45) is 11.1 Å². The molecule has 0 aromatic heterocycles. The van der Waals surface area contributed by atoms with Gasteiger partial charge in [0.2, 0.25) is 5.91 Å². The molecule has 186 valence electrons. The summed E-state index contributed by atoms with van der Waals surface area (Å²) in [6.45, 7) is 7.69. The maximum Gasteiger partial charge on any atom is 0.339 e. The molecule has 1 amide bonds. The Morgan fingerprint density at radius 1 is 1.17 bits per heavy atom. The van der Waals surface area contributed by atoms with Crippen LogP contribution in [-0.4, -0.2) is 24.3 Å². The number of fused-ring (bicyclic) bond motifs is 3. The van der Waals surface area contributed by atoms with Crippen molar-refractivity contribution in [1.29, 1.82) is 0 Å². The Labute approximate surface area is 214 Å². The van der Waals surface area contributed by atoms with Gasteiger partial charge in [-0.15, -0.1) is 0 Å². The molecule has 3 aliphatic rings. The predicted octanol–water partition coefficient (Wildman–Crippen LogP) is 4.74. The summed E-state index contributed by atoms with van der Waals surface area (Å²) in [4.78, 5) is 43.3. The van der Waals surface area contributed by atoms with E-state index in [2.05, 4.69) is 5.32 Å². The number of nitrogens with one attached hydrogen (secondary N) is 1. The normalized spacial score (nSPS) is 22.5. The molecule has 2 aromatic rings. The summed E-state index contributed by atoms with van der Waals surface area (Å²) < 4.78 is 5.45. The van der Waals surface area contributed by atoms with Crippen molar-refractivity contribution < 1.29 is 19.1 Å². The van der Waals surface area contributed by atoms with Gasteiger partial charge >= 0.3 is 5.97 Å². The fourth-order valence-electron chi connectivity index (χ4n) is 5.79. The van der Waals surface area contributed by atoms with Crippen LogP contribution in [0.2, 0.25) is 5.02 Å². The first kappa shape index (κ1) is 24.1. The van der Waals surface area contributed by atoms with Crippen LogP contribution in [0, 0.1) is 12.3 Å². The molecule has 0 radical (unpaired) electrons. The van der Waals surface area contributed by atoms with E-state index in [0.29, 0.717) is 34.1 Å². The van der Waals surface area contributed by atoms with Crippen LogP contribution in [0.15, 0.2) is 65.1 Å². The van der Waals surface area contributed by atoms with Crippen molar-refractivity contribution in [2.75, 3.05) is 16.8 Å². The van der Waals surface area contributed by atoms with Gasteiger partial charge in [-0.2, -0.15) is 0 Å². The van der Waals surface area contributed by atoms with E-state index in [1.165, 1.54) is 0 Å². The van der Waals surface area contributed by atoms with Gasteiger partial charge in [-0.3, -0.25) is 14.5 Å². The number of halogens is 1. The topological polar surface area (TPSA) is 102 Å². The van der Waals surface area contributed by atoms with Gasteiger partial charge in [0.05, 0.1) is 12.3 Å². The highest BCUT2D eigenvalue weighted by Gasteiger charge is 2.63. The number of benzene rings is 2.